The zero-order chi connectivity index (χ0) is 20.5. The maximum Gasteiger partial charge on any atom is 0.317 e. The van der Waals surface area contributed by atoms with Gasteiger partial charge in [0.1, 0.15) is 0 Å². The predicted molar refractivity (Wildman–Crippen MR) is 114 cm³/mol. The van der Waals surface area contributed by atoms with Gasteiger partial charge in [-0.05, 0) is 18.1 Å². The second-order valence-corrected chi connectivity index (χ2v) is 7.32. The summed E-state index contributed by atoms with van der Waals surface area (Å²) in [6.45, 7) is 6.66. The summed E-state index contributed by atoms with van der Waals surface area (Å²) in [5.41, 5.74) is 2.38. The molecule has 0 saturated carbocycles. The molecule has 2 aromatic rings. The molecule has 6 heteroatoms. The Balaban J connectivity index is 1.59. The van der Waals surface area contributed by atoms with Gasteiger partial charge >= 0.3 is 6.03 Å². The van der Waals surface area contributed by atoms with Crippen LogP contribution in [-0.4, -0.2) is 65.9 Å². The van der Waals surface area contributed by atoms with Crippen LogP contribution in [0.2, 0.25) is 0 Å². The molecule has 1 heterocycles. The molecule has 0 unspecified atom stereocenters. The van der Waals surface area contributed by atoms with Gasteiger partial charge in [0.05, 0.1) is 6.54 Å². The number of carbonyl (C=O) groups is 2. The highest BCUT2D eigenvalue weighted by Crippen LogP contribution is 2.11. The van der Waals surface area contributed by atoms with Crippen LogP contribution in [0.1, 0.15) is 18.1 Å². The molecule has 1 N–H and O–H groups in total. The van der Waals surface area contributed by atoms with Crippen LogP contribution in [0.4, 0.5) is 4.79 Å². The monoisotopic (exact) mass is 394 g/mol. The molecule has 0 aliphatic carbocycles. The second kappa shape index (κ2) is 10.6. The van der Waals surface area contributed by atoms with Crippen LogP contribution >= 0.6 is 0 Å². The number of urea groups is 1. The highest BCUT2D eigenvalue weighted by atomic mass is 16.2. The summed E-state index contributed by atoms with van der Waals surface area (Å²) in [5, 5.41) is 2.82. The van der Waals surface area contributed by atoms with Gasteiger partial charge in [-0.15, -0.1) is 0 Å². The fourth-order valence-corrected chi connectivity index (χ4v) is 3.56. The van der Waals surface area contributed by atoms with Crippen molar-refractivity contribution in [3.63, 3.8) is 0 Å². The third kappa shape index (κ3) is 6.32. The summed E-state index contributed by atoms with van der Waals surface area (Å²) in [4.78, 5) is 30.8. The van der Waals surface area contributed by atoms with Crippen LogP contribution < -0.4 is 5.32 Å². The van der Waals surface area contributed by atoms with Crippen molar-refractivity contribution in [3.05, 3.63) is 71.8 Å². The molecule has 0 bridgehead atoms. The van der Waals surface area contributed by atoms with Gasteiger partial charge in [0.2, 0.25) is 5.91 Å². The molecule has 6 nitrogen and oxygen atoms in total. The van der Waals surface area contributed by atoms with E-state index in [9.17, 15) is 9.59 Å². The van der Waals surface area contributed by atoms with E-state index in [4.69, 9.17) is 0 Å². The lowest BCUT2D eigenvalue weighted by atomic mass is 10.1. The lowest BCUT2D eigenvalue weighted by molar-refractivity contribution is -0.134. The number of rotatable bonds is 7. The summed E-state index contributed by atoms with van der Waals surface area (Å²) >= 11 is 0. The minimum atomic E-state index is -0.0469. The number of benzene rings is 2. The molecular formula is C23H30N4O2. The Morgan fingerprint density at radius 2 is 1.31 bits per heavy atom. The second-order valence-electron chi connectivity index (χ2n) is 7.32. The number of amides is 3. The number of hydrogen-bond acceptors (Lipinski definition) is 3. The zero-order valence-electron chi connectivity index (χ0n) is 17.1. The zero-order valence-corrected chi connectivity index (χ0v) is 17.1. The SMILES string of the molecule is CCNC(=O)N1CCN(C(=O)CN(Cc2ccccc2)Cc2ccccc2)CC1. The van der Waals surface area contributed by atoms with Crippen LogP contribution in [0.3, 0.4) is 0 Å². The molecular weight excluding hydrogens is 364 g/mol. The van der Waals surface area contributed by atoms with Crippen LogP contribution in [0.5, 0.6) is 0 Å². The van der Waals surface area contributed by atoms with E-state index in [0.717, 1.165) is 13.1 Å². The molecule has 3 amide bonds. The smallest absolute Gasteiger partial charge is 0.317 e. The Hall–Kier alpha value is -2.86. The molecule has 1 aliphatic rings. The van der Waals surface area contributed by atoms with E-state index >= 15 is 0 Å². The third-order valence-corrected chi connectivity index (χ3v) is 5.10. The van der Waals surface area contributed by atoms with Crippen LogP contribution in [0.15, 0.2) is 60.7 Å². The first-order valence-corrected chi connectivity index (χ1v) is 10.3. The van der Waals surface area contributed by atoms with Gasteiger partial charge in [-0.1, -0.05) is 60.7 Å². The van der Waals surface area contributed by atoms with Gasteiger partial charge in [-0.2, -0.15) is 0 Å². The Bertz CT molecular complexity index is 732. The highest BCUT2D eigenvalue weighted by Gasteiger charge is 2.25. The van der Waals surface area contributed by atoms with E-state index in [1.807, 2.05) is 48.2 Å². The number of nitrogens with one attached hydrogen (secondary N) is 1. The van der Waals surface area contributed by atoms with Crippen molar-refractivity contribution in [2.45, 2.75) is 20.0 Å². The molecule has 0 spiro atoms. The highest BCUT2D eigenvalue weighted by molar-refractivity contribution is 5.79. The minimum absolute atomic E-state index is 0.0469. The van der Waals surface area contributed by atoms with Crippen molar-refractivity contribution in [1.29, 1.82) is 0 Å². The average Bonchev–Trinajstić information content (AvgIpc) is 2.75. The quantitative estimate of drug-likeness (QED) is 0.785. The van der Waals surface area contributed by atoms with Gasteiger partial charge in [0.25, 0.3) is 0 Å². The molecule has 0 radical (unpaired) electrons. The van der Waals surface area contributed by atoms with E-state index < -0.39 is 0 Å². The van der Waals surface area contributed by atoms with Gasteiger partial charge in [-0.3, -0.25) is 9.69 Å². The van der Waals surface area contributed by atoms with Gasteiger partial charge < -0.3 is 15.1 Å². The molecule has 1 saturated heterocycles. The summed E-state index contributed by atoms with van der Waals surface area (Å²) < 4.78 is 0. The minimum Gasteiger partial charge on any atom is -0.338 e. The van der Waals surface area contributed by atoms with E-state index in [-0.39, 0.29) is 11.9 Å². The third-order valence-electron chi connectivity index (χ3n) is 5.10. The molecule has 154 valence electrons. The Labute approximate surface area is 173 Å². The first kappa shape index (κ1) is 20.9. The summed E-state index contributed by atoms with van der Waals surface area (Å²) in [5.74, 6) is 0.118. The number of hydrogen-bond donors (Lipinski definition) is 1. The van der Waals surface area contributed by atoms with Crippen molar-refractivity contribution in [1.82, 2.24) is 20.0 Å². The maximum absolute atomic E-state index is 13.0. The van der Waals surface area contributed by atoms with E-state index in [0.29, 0.717) is 39.3 Å². The lowest BCUT2D eigenvalue weighted by Crippen LogP contribution is -2.54. The number of carbonyl (C=O) groups excluding carboxylic acids is 2. The Kier molecular flexibility index (Phi) is 7.64. The molecule has 1 fully saturated rings. The van der Waals surface area contributed by atoms with Crippen molar-refractivity contribution in [2.75, 3.05) is 39.3 Å². The molecule has 29 heavy (non-hydrogen) atoms. The number of piperazine rings is 1. The summed E-state index contributed by atoms with van der Waals surface area (Å²) in [7, 11) is 0. The topological polar surface area (TPSA) is 55.9 Å². The average molecular weight is 395 g/mol. The van der Waals surface area contributed by atoms with Gasteiger partial charge in [0, 0.05) is 45.8 Å². The fraction of sp³-hybridized carbons (Fsp3) is 0.391. The normalized spacial score (nSPS) is 14.1. The van der Waals surface area contributed by atoms with Crippen molar-refractivity contribution >= 4 is 11.9 Å². The first-order valence-electron chi connectivity index (χ1n) is 10.3. The van der Waals surface area contributed by atoms with E-state index in [1.54, 1.807) is 4.90 Å². The molecule has 2 aromatic carbocycles. The standard InChI is InChI=1S/C23H30N4O2/c1-2-24-23(29)27-15-13-26(14-16-27)22(28)19-25(17-20-9-5-3-6-10-20)18-21-11-7-4-8-12-21/h3-12H,2,13-19H2,1H3,(H,24,29). The predicted octanol–water partition coefficient (Wildman–Crippen LogP) is 2.56. The molecule has 1 aliphatic heterocycles. The lowest BCUT2D eigenvalue weighted by Gasteiger charge is -2.35. The Morgan fingerprint density at radius 1 is 0.828 bits per heavy atom. The fourth-order valence-electron chi connectivity index (χ4n) is 3.56. The number of nitrogens with zero attached hydrogens (tertiary/aromatic N) is 3. The Morgan fingerprint density at radius 3 is 1.79 bits per heavy atom. The van der Waals surface area contributed by atoms with Crippen molar-refractivity contribution < 1.29 is 9.59 Å². The molecule has 0 aromatic heterocycles. The maximum atomic E-state index is 13.0. The van der Waals surface area contributed by atoms with Crippen molar-refractivity contribution in [3.8, 4) is 0 Å². The van der Waals surface area contributed by atoms with Crippen LogP contribution in [0.25, 0.3) is 0 Å². The van der Waals surface area contributed by atoms with Gasteiger partial charge in [-0.25, -0.2) is 4.79 Å². The van der Waals surface area contributed by atoms with E-state index in [2.05, 4.69) is 34.5 Å². The largest absolute Gasteiger partial charge is 0.338 e. The van der Waals surface area contributed by atoms with Gasteiger partial charge in [0.15, 0.2) is 0 Å². The van der Waals surface area contributed by atoms with E-state index in [1.165, 1.54) is 11.1 Å². The molecule has 3 rings (SSSR count). The van der Waals surface area contributed by atoms with Crippen LogP contribution in [0, 0.1) is 0 Å². The first-order chi connectivity index (χ1) is 14.2. The van der Waals surface area contributed by atoms with Crippen molar-refractivity contribution in [2.24, 2.45) is 0 Å². The van der Waals surface area contributed by atoms with Crippen LogP contribution in [-0.2, 0) is 17.9 Å². The summed E-state index contributed by atoms with van der Waals surface area (Å²) in [6, 6.07) is 20.4. The summed E-state index contributed by atoms with van der Waals surface area (Å²) in [6.07, 6.45) is 0. The molecule has 0 atom stereocenters.